The minimum absolute atomic E-state index is 0.151. The van der Waals surface area contributed by atoms with Gasteiger partial charge in [-0.05, 0) is 31.0 Å². The van der Waals surface area contributed by atoms with Gasteiger partial charge < -0.3 is 4.90 Å². The van der Waals surface area contributed by atoms with E-state index in [1.807, 2.05) is 30.0 Å². The first-order chi connectivity index (χ1) is 10.2. The second kappa shape index (κ2) is 5.99. The summed E-state index contributed by atoms with van der Waals surface area (Å²) < 4.78 is 0. The SMILES string of the molecule is Cc1ccnc([C@@H]2CCN(C(=O)Cc3cccnc3)C2)n1. The van der Waals surface area contributed by atoms with E-state index in [0.29, 0.717) is 13.0 Å². The Bertz CT molecular complexity index is 629. The van der Waals surface area contributed by atoms with E-state index in [0.717, 1.165) is 30.0 Å². The highest BCUT2D eigenvalue weighted by atomic mass is 16.2. The molecule has 0 aliphatic carbocycles. The van der Waals surface area contributed by atoms with Crippen molar-refractivity contribution in [1.29, 1.82) is 0 Å². The van der Waals surface area contributed by atoms with Gasteiger partial charge in [0.2, 0.25) is 5.91 Å². The van der Waals surface area contributed by atoms with Gasteiger partial charge in [0.05, 0.1) is 6.42 Å². The van der Waals surface area contributed by atoms with Crippen molar-refractivity contribution in [2.24, 2.45) is 0 Å². The molecule has 0 saturated carbocycles. The summed E-state index contributed by atoms with van der Waals surface area (Å²) in [6.45, 7) is 3.45. The second-order valence-electron chi connectivity index (χ2n) is 5.42. The van der Waals surface area contributed by atoms with E-state index in [1.54, 1.807) is 18.6 Å². The van der Waals surface area contributed by atoms with Crippen LogP contribution in [0.5, 0.6) is 0 Å². The molecule has 3 heterocycles. The molecule has 0 aromatic carbocycles. The summed E-state index contributed by atoms with van der Waals surface area (Å²) in [7, 11) is 0. The zero-order valence-electron chi connectivity index (χ0n) is 12.1. The number of pyridine rings is 1. The number of amides is 1. The van der Waals surface area contributed by atoms with Gasteiger partial charge in [0, 0.05) is 43.3 Å². The van der Waals surface area contributed by atoms with Gasteiger partial charge in [-0.2, -0.15) is 0 Å². The standard InChI is InChI=1S/C16H18N4O/c1-12-4-7-18-16(19-12)14-5-8-20(11-14)15(21)9-13-3-2-6-17-10-13/h2-4,6-7,10,14H,5,8-9,11H2,1H3/t14-/m1/s1. The Morgan fingerprint density at radius 2 is 2.29 bits per heavy atom. The van der Waals surface area contributed by atoms with Crippen LogP contribution >= 0.6 is 0 Å². The molecule has 0 spiro atoms. The van der Waals surface area contributed by atoms with E-state index in [1.165, 1.54) is 0 Å². The fourth-order valence-corrected chi connectivity index (χ4v) is 2.65. The van der Waals surface area contributed by atoms with Crippen molar-refractivity contribution in [3.8, 4) is 0 Å². The second-order valence-corrected chi connectivity index (χ2v) is 5.42. The number of hydrogen-bond acceptors (Lipinski definition) is 4. The molecule has 1 aliphatic rings. The smallest absolute Gasteiger partial charge is 0.227 e. The quantitative estimate of drug-likeness (QED) is 0.860. The molecule has 3 rings (SSSR count). The molecule has 2 aromatic rings. The van der Waals surface area contributed by atoms with Crippen LogP contribution < -0.4 is 0 Å². The fourth-order valence-electron chi connectivity index (χ4n) is 2.65. The van der Waals surface area contributed by atoms with Crippen LogP contribution in [0.2, 0.25) is 0 Å². The molecule has 1 amide bonds. The van der Waals surface area contributed by atoms with Gasteiger partial charge in [0.1, 0.15) is 5.82 Å². The van der Waals surface area contributed by atoms with Crippen LogP contribution in [-0.2, 0) is 11.2 Å². The van der Waals surface area contributed by atoms with Crippen molar-refractivity contribution in [3.63, 3.8) is 0 Å². The average molecular weight is 282 g/mol. The van der Waals surface area contributed by atoms with Crippen LogP contribution in [-0.4, -0.2) is 38.8 Å². The lowest BCUT2D eigenvalue weighted by Crippen LogP contribution is -2.30. The Balaban J connectivity index is 1.63. The number of likely N-dealkylation sites (tertiary alicyclic amines) is 1. The van der Waals surface area contributed by atoms with E-state index < -0.39 is 0 Å². The van der Waals surface area contributed by atoms with Crippen molar-refractivity contribution in [3.05, 3.63) is 53.9 Å². The van der Waals surface area contributed by atoms with E-state index in [9.17, 15) is 4.79 Å². The highest BCUT2D eigenvalue weighted by Crippen LogP contribution is 2.25. The van der Waals surface area contributed by atoms with Gasteiger partial charge in [-0.15, -0.1) is 0 Å². The monoisotopic (exact) mass is 282 g/mol. The van der Waals surface area contributed by atoms with E-state index in [-0.39, 0.29) is 11.8 Å². The van der Waals surface area contributed by atoms with E-state index in [2.05, 4.69) is 15.0 Å². The Labute approximate surface area is 124 Å². The summed E-state index contributed by atoms with van der Waals surface area (Å²) in [6, 6.07) is 5.68. The molecule has 0 radical (unpaired) electrons. The lowest BCUT2D eigenvalue weighted by atomic mass is 10.1. The summed E-state index contributed by atoms with van der Waals surface area (Å²) in [5.74, 6) is 1.26. The van der Waals surface area contributed by atoms with Crippen LogP contribution in [0.25, 0.3) is 0 Å². The third-order valence-corrected chi connectivity index (χ3v) is 3.80. The minimum Gasteiger partial charge on any atom is -0.342 e. The lowest BCUT2D eigenvalue weighted by Gasteiger charge is -2.16. The summed E-state index contributed by atoms with van der Waals surface area (Å²) in [4.78, 5) is 27.1. The number of aromatic nitrogens is 3. The largest absolute Gasteiger partial charge is 0.342 e. The first kappa shape index (κ1) is 13.7. The van der Waals surface area contributed by atoms with Gasteiger partial charge in [-0.1, -0.05) is 6.07 Å². The van der Waals surface area contributed by atoms with E-state index in [4.69, 9.17) is 0 Å². The van der Waals surface area contributed by atoms with Crippen molar-refractivity contribution < 1.29 is 4.79 Å². The third kappa shape index (κ3) is 3.24. The average Bonchev–Trinajstić information content (AvgIpc) is 2.98. The minimum atomic E-state index is 0.151. The molecule has 1 saturated heterocycles. The number of aryl methyl sites for hydroxylation is 1. The van der Waals surface area contributed by atoms with Crippen LogP contribution in [0, 0.1) is 6.92 Å². The molecule has 0 N–H and O–H groups in total. The van der Waals surface area contributed by atoms with Crippen LogP contribution in [0.1, 0.15) is 29.4 Å². The number of hydrogen-bond donors (Lipinski definition) is 0. The maximum Gasteiger partial charge on any atom is 0.227 e. The molecule has 0 unspecified atom stereocenters. The van der Waals surface area contributed by atoms with Gasteiger partial charge in [0.15, 0.2) is 0 Å². The molecule has 1 aliphatic heterocycles. The normalized spacial score (nSPS) is 18.0. The first-order valence-electron chi connectivity index (χ1n) is 7.18. The molecule has 5 nitrogen and oxygen atoms in total. The van der Waals surface area contributed by atoms with Crippen molar-refractivity contribution in [2.75, 3.05) is 13.1 Å². The summed E-state index contributed by atoms with van der Waals surface area (Å²) in [5.41, 5.74) is 1.93. The lowest BCUT2D eigenvalue weighted by molar-refractivity contribution is -0.129. The zero-order chi connectivity index (χ0) is 14.7. The molecular formula is C16H18N4O. The van der Waals surface area contributed by atoms with Gasteiger partial charge >= 0.3 is 0 Å². The third-order valence-electron chi connectivity index (χ3n) is 3.80. The highest BCUT2D eigenvalue weighted by molar-refractivity contribution is 5.79. The summed E-state index contributed by atoms with van der Waals surface area (Å²) >= 11 is 0. The molecule has 2 aromatic heterocycles. The number of carbonyl (C=O) groups is 1. The molecule has 5 heteroatoms. The number of nitrogens with zero attached hydrogens (tertiary/aromatic N) is 4. The van der Waals surface area contributed by atoms with Crippen molar-refractivity contribution in [1.82, 2.24) is 19.9 Å². The van der Waals surface area contributed by atoms with Gasteiger partial charge in [0.25, 0.3) is 0 Å². The molecule has 108 valence electrons. The summed E-state index contributed by atoms with van der Waals surface area (Å²) in [6.07, 6.45) is 6.60. The molecule has 0 bridgehead atoms. The maximum atomic E-state index is 12.3. The van der Waals surface area contributed by atoms with Crippen LogP contribution in [0.3, 0.4) is 0 Å². The van der Waals surface area contributed by atoms with Crippen molar-refractivity contribution in [2.45, 2.75) is 25.7 Å². The Morgan fingerprint density at radius 3 is 3.05 bits per heavy atom. The first-order valence-corrected chi connectivity index (χ1v) is 7.18. The van der Waals surface area contributed by atoms with Crippen LogP contribution in [0.15, 0.2) is 36.8 Å². The Hall–Kier alpha value is -2.30. The summed E-state index contributed by atoms with van der Waals surface area (Å²) in [5, 5.41) is 0. The predicted molar refractivity (Wildman–Crippen MR) is 78.6 cm³/mol. The topological polar surface area (TPSA) is 59.0 Å². The molecule has 21 heavy (non-hydrogen) atoms. The van der Waals surface area contributed by atoms with Crippen LogP contribution in [0.4, 0.5) is 0 Å². The highest BCUT2D eigenvalue weighted by Gasteiger charge is 2.28. The molecule has 1 fully saturated rings. The fraction of sp³-hybridized carbons (Fsp3) is 0.375. The zero-order valence-corrected chi connectivity index (χ0v) is 12.1. The molecule has 1 atom stereocenters. The molecular weight excluding hydrogens is 264 g/mol. The number of rotatable bonds is 3. The number of carbonyl (C=O) groups excluding carboxylic acids is 1. The maximum absolute atomic E-state index is 12.3. The van der Waals surface area contributed by atoms with Crippen molar-refractivity contribution >= 4 is 5.91 Å². The Kier molecular flexibility index (Phi) is 3.90. The Morgan fingerprint density at radius 1 is 1.38 bits per heavy atom. The van der Waals surface area contributed by atoms with Gasteiger partial charge in [-0.25, -0.2) is 9.97 Å². The van der Waals surface area contributed by atoms with Gasteiger partial charge in [-0.3, -0.25) is 9.78 Å². The van der Waals surface area contributed by atoms with E-state index >= 15 is 0 Å². The predicted octanol–water partition coefficient (Wildman–Crippen LogP) is 1.74.